The Labute approximate surface area is 124 Å². The van der Waals surface area contributed by atoms with Crippen LogP contribution in [0.4, 0.5) is 5.95 Å². The highest BCUT2D eigenvalue weighted by molar-refractivity contribution is 5.29. The van der Waals surface area contributed by atoms with Gasteiger partial charge in [-0.25, -0.2) is 9.97 Å². The van der Waals surface area contributed by atoms with Crippen LogP contribution in [0.25, 0.3) is 0 Å². The summed E-state index contributed by atoms with van der Waals surface area (Å²) in [4.78, 5) is 13.3. The third kappa shape index (κ3) is 3.36. The van der Waals surface area contributed by atoms with Crippen molar-refractivity contribution in [3.63, 3.8) is 0 Å². The molecule has 0 N–H and O–H groups in total. The van der Waals surface area contributed by atoms with Crippen LogP contribution in [0.5, 0.6) is 0 Å². The van der Waals surface area contributed by atoms with Gasteiger partial charge in [-0.15, -0.1) is 5.10 Å². The van der Waals surface area contributed by atoms with Gasteiger partial charge in [-0.05, 0) is 25.5 Å². The summed E-state index contributed by atoms with van der Waals surface area (Å²) < 4.78 is 1.75. The standard InChI is InChI=1S/C14H21N7/c1-19-9-12(17-18-19)10-21-8-3-5-13(11-21)20(2)14-15-6-4-7-16-14/h4,6-7,9,13H,3,5,8,10-11H2,1-2H3. The van der Waals surface area contributed by atoms with Gasteiger partial charge in [-0.1, -0.05) is 5.21 Å². The number of likely N-dealkylation sites (tertiary alicyclic amines) is 1. The van der Waals surface area contributed by atoms with Crippen LogP contribution >= 0.6 is 0 Å². The van der Waals surface area contributed by atoms with E-state index in [1.165, 1.54) is 12.8 Å². The number of aromatic nitrogens is 5. The Morgan fingerprint density at radius 3 is 2.86 bits per heavy atom. The summed E-state index contributed by atoms with van der Waals surface area (Å²) in [5, 5.41) is 8.16. The monoisotopic (exact) mass is 287 g/mol. The normalized spacial score (nSPS) is 19.6. The van der Waals surface area contributed by atoms with Crippen molar-refractivity contribution in [1.82, 2.24) is 29.9 Å². The maximum atomic E-state index is 4.34. The highest BCUT2D eigenvalue weighted by Gasteiger charge is 2.25. The second-order valence-corrected chi connectivity index (χ2v) is 5.57. The maximum Gasteiger partial charge on any atom is 0.225 e. The summed E-state index contributed by atoms with van der Waals surface area (Å²) in [5.41, 5.74) is 1.02. The van der Waals surface area contributed by atoms with Crippen molar-refractivity contribution >= 4 is 5.95 Å². The number of likely N-dealkylation sites (N-methyl/N-ethyl adjacent to an activating group) is 1. The number of nitrogens with zero attached hydrogens (tertiary/aromatic N) is 7. The number of anilines is 1. The molecule has 2 aromatic rings. The van der Waals surface area contributed by atoms with Gasteiger partial charge in [-0.3, -0.25) is 9.58 Å². The molecule has 7 nitrogen and oxygen atoms in total. The van der Waals surface area contributed by atoms with Gasteiger partial charge in [0.1, 0.15) is 0 Å². The van der Waals surface area contributed by atoms with Crippen LogP contribution in [0.3, 0.4) is 0 Å². The highest BCUT2D eigenvalue weighted by Crippen LogP contribution is 2.19. The van der Waals surface area contributed by atoms with E-state index in [2.05, 4.69) is 37.1 Å². The molecule has 1 saturated heterocycles. The predicted molar refractivity (Wildman–Crippen MR) is 79.7 cm³/mol. The zero-order valence-electron chi connectivity index (χ0n) is 12.6. The lowest BCUT2D eigenvalue weighted by atomic mass is 10.0. The van der Waals surface area contributed by atoms with Crippen LogP contribution < -0.4 is 4.90 Å². The van der Waals surface area contributed by atoms with Gasteiger partial charge in [-0.2, -0.15) is 0 Å². The molecule has 7 heteroatoms. The molecule has 0 bridgehead atoms. The molecule has 2 aromatic heterocycles. The molecule has 0 amide bonds. The molecule has 21 heavy (non-hydrogen) atoms. The zero-order chi connectivity index (χ0) is 14.7. The molecule has 0 spiro atoms. The van der Waals surface area contributed by atoms with E-state index in [9.17, 15) is 0 Å². The van der Waals surface area contributed by atoms with E-state index in [1.807, 2.05) is 19.3 Å². The summed E-state index contributed by atoms with van der Waals surface area (Å²) in [7, 11) is 3.97. The summed E-state index contributed by atoms with van der Waals surface area (Å²) in [6, 6.07) is 2.29. The van der Waals surface area contributed by atoms with E-state index in [4.69, 9.17) is 0 Å². The van der Waals surface area contributed by atoms with Crippen molar-refractivity contribution in [3.8, 4) is 0 Å². The van der Waals surface area contributed by atoms with Crippen molar-refractivity contribution < 1.29 is 0 Å². The second kappa shape index (κ2) is 6.17. The molecule has 0 saturated carbocycles. The average Bonchev–Trinajstić information content (AvgIpc) is 2.93. The zero-order valence-corrected chi connectivity index (χ0v) is 12.6. The lowest BCUT2D eigenvalue weighted by Crippen LogP contribution is -2.46. The molecule has 0 radical (unpaired) electrons. The minimum atomic E-state index is 0.442. The van der Waals surface area contributed by atoms with Gasteiger partial charge >= 0.3 is 0 Å². The fraction of sp³-hybridized carbons (Fsp3) is 0.571. The van der Waals surface area contributed by atoms with E-state index in [1.54, 1.807) is 17.1 Å². The molecule has 0 aliphatic carbocycles. The van der Waals surface area contributed by atoms with Crippen LogP contribution in [0.15, 0.2) is 24.7 Å². The van der Waals surface area contributed by atoms with Crippen LogP contribution in [-0.2, 0) is 13.6 Å². The minimum Gasteiger partial charge on any atom is -0.340 e. The molecular weight excluding hydrogens is 266 g/mol. The number of rotatable bonds is 4. The Kier molecular flexibility index (Phi) is 4.10. The van der Waals surface area contributed by atoms with E-state index in [0.717, 1.165) is 31.3 Å². The van der Waals surface area contributed by atoms with Gasteiger partial charge in [0, 0.05) is 51.8 Å². The smallest absolute Gasteiger partial charge is 0.225 e. The van der Waals surface area contributed by atoms with E-state index in [-0.39, 0.29) is 0 Å². The van der Waals surface area contributed by atoms with Crippen LogP contribution in [0.2, 0.25) is 0 Å². The van der Waals surface area contributed by atoms with Gasteiger partial charge in [0.15, 0.2) is 0 Å². The molecule has 1 unspecified atom stereocenters. The summed E-state index contributed by atoms with van der Waals surface area (Å²) in [5.74, 6) is 0.795. The Balaban J connectivity index is 1.63. The third-order valence-corrected chi connectivity index (χ3v) is 3.93. The SMILES string of the molecule is CN(c1ncccn1)C1CCCN(Cc2cn(C)nn2)C1. The van der Waals surface area contributed by atoms with Crippen LogP contribution in [0, 0.1) is 0 Å². The summed E-state index contributed by atoms with van der Waals surface area (Å²) in [6.07, 6.45) is 7.92. The molecule has 1 atom stereocenters. The largest absolute Gasteiger partial charge is 0.340 e. The van der Waals surface area contributed by atoms with Gasteiger partial charge in [0.2, 0.25) is 5.95 Å². The first-order valence-corrected chi connectivity index (χ1v) is 7.30. The van der Waals surface area contributed by atoms with E-state index >= 15 is 0 Å². The Bertz CT molecular complexity index is 568. The predicted octanol–water partition coefficient (Wildman–Crippen LogP) is 0.706. The Morgan fingerprint density at radius 1 is 1.33 bits per heavy atom. The quantitative estimate of drug-likeness (QED) is 0.825. The fourth-order valence-electron chi connectivity index (χ4n) is 2.82. The van der Waals surface area contributed by atoms with Crippen molar-refractivity contribution in [2.24, 2.45) is 7.05 Å². The van der Waals surface area contributed by atoms with Gasteiger partial charge in [0.05, 0.1) is 5.69 Å². The summed E-state index contributed by atoms with van der Waals surface area (Å²) in [6.45, 7) is 2.97. The lowest BCUT2D eigenvalue weighted by molar-refractivity contribution is 0.196. The summed E-state index contributed by atoms with van der Waals surface area (Å²) >= 11 is 0. The first-order valence-electron chi connectivity index (χ1n) is 7.30. The van der Waals surface area contributed by atoms with Gasteiger partial charge in [0.25, 0.3) is 0 Å². The minimum absolute atomic E-state index is 0.442. The van der Waals surface area contributed by atoms with E-state index < -0.39 is 0 Å². The molecular formula is C14H21N7. The number of hydrogen-bond acceptors (Lipinski definition) is 6. The molecule has 1 aliphatic heterocycles. The topological polar surface area (TPSA) is 63.0 Å². The third-order valence-electron chi connectivity index (χ3n) is 3.93. The number of hydrogen-bond donors (Lipinski definition) is 0. The molecule has 1 aliphatic rings. The highest BCUT2D eigenvalue weighted by atomic mass is 15.4. The van der Waals surface area contributed by atoms with Crippen LogP contribution in [0.1, 0.15) is 18.5 Å². The first-order chi connectivity index (χ1) is 10.2. The molecule has 112 valence electrons. The Morgan fingerprint density at radius 2 is 2.14 bits per heavy atom. The van der Waals surface area contributed by atoms with Crippen molar-refractivity contribution in [1.29, 1.82) is 0 Å². The van der Waals surface area contributed by atoms with E-state index in [0.29, 0.717) is 6.04 Å². The van der Waals surface area contributed by atoms with Crippen molar-refractivity contribution in [2.75, 3.05) is 25.0 Å². The van der Waals surface area contributed by atoms with Crippen LogP contribution in [-0.4, -0.2) is 56.0 Å². The molecule has 1 fully saturated rings. The first kappa shape index (κ1) is 13.9. The molecule has 0 aromatic carbocycles. The maximum absolute atomic E-state index is 4.34. The fourth-order valence-corrected chi connectivity index (χ4v) is 2.82. The Hall–Kier alpha value is -2.02. The molecule has 3 rings (SSSR count). The lowest BCUT2D eigenvalue weighted by Gasteiger charge is -2.37. The number of aryl methyl sites for hydroxylation is 1. The van der Waals surface area contributed by atoms with Gasteiger partial charge < -0.3 is 4.90 Å². The van der Waals surface area contributed by atoms with Crippen molar-refractivity contribution in [3.05, 3.63) is 30.4 Å². The average molecular weight is 287 g/mol. The number of piperidine rings is 1. The second-order valence-electron chi connectivity index (χ2n) is 5.57. The van der Waals surface area contributed by atoms with Crippen molar-refractivity contribution in [2.45, 2.75) is 25.4 Å². The molecule has 3 heterocycles.